The molecule has 0 amide bonds. The standard InChI is InChI=1S/C22H15FO2/c23-17-11-12-20-18(14-17)21(24)19(13-15-7-3-1-4-8-15)22(25-20)16-9-5-2-6-10-16/h1-14,22H/b19-13-. The number of rotatable bonds is 2. The maximum absolute atomic E-state index is 13.6. The lowest BCUT2D eigenvalue weighted by Gasteiger charge is -2.28. The van der Waals surface area contributed by atoms with Crippen molar-refractivity contribution in [2.75, 3.05) is 0 Å². The number of Topliss-reactive ketones (excluding diaryl/α,β-unsaturated/α-hetero) is 1. The predicted octanol–water partition coefficient (Wildman–Crippen LogP) is 5.23. The molecule has 0 fully saturated rings. The van der Waals surface area contributed by atoms with Gasteiger partial charge in [-0.3, -0.25) is 4.79 Å². The van der Waals surface area contributed by atoms with Crippen LogP contribution in [0.25, 0.3) is 6.08 Å². The summed E-state index contributed by atoms with van der Waals surface area (Å²) < 4.78 is 19.7. The lowest BCUT2D eigenvalue weighted by Crippen LogP contribution is -2.24. The average Bonchev–Trinajstić information content (AvgIpc) is 2.66. The van der Waals surface area contributed by atoms with E-state index < -0.39 is 11.9 Å². The summed E-state index contributed by atoms with van der Waals surface area (Å²) in [5.74, 6) is -0.253. The van der Waals surface area contributed by atoms with Crippen LogP contribution in [0.1, 0.15) is 27.6 Å². The molecule has 0 N–H and O–H groups in total. The molecule has 3 aromatic rings. The summed E-state index contributed by atoms with van der Waals surface area (Å²) in [6.45, 7) is 0. The van der Waals surface area contributed by atoms with Gasteiger partial charge < -0.3 is 4.74 Å². The minimum absolute atomic E-state index is 0.210. The summed E-state index contributed by atoms with van der Waals surface area (Å²) in [7, 11) is 0. The molecule has 25 heavy (non-hydrogen) atoms. The predicted molar refractivity (Wildman–Crippen MR) is 95.0 cm³/mol. The Morgan fingerprint density at radius 2 is 1.56 bits per heavy atom. The van der Waals surface area contributed by atoms with E-state index in [9.17, 15) is 9.18 Å². The third-order valence-electron chi connectivity index (χ3n) is 4.20. The molecule has 1 aliphatic heterocycles. The molecule has 122 valence electrons. The molecule has 4 rings (SSSR count). The van der Waals surface area contributed by atoms with Crippen molar-refractivity contribution in [3.8, 4) is 5.75 Å². The van der Waals surface area contributed by atoms with Gasteiger partial charge in [-0.15, -0.1) is 0 Å². The van der Waals surface area contributed by atoms with Crippen molar-refractivity contribution in [2.45, 2.75) is 6.10 Å². The van der Waals surface area contributed by atoms with Crippen molar-refractivity contribution in [1.29, 1.82) is 0 Å². The molecule has 0 bridgehead atoms. The number of carbonyl (C=O) groups is 1. The first kappa shape index (κ1) is 15.3. The van der Waals surface area contributed by atoms with Gasteiger partial charge >= 0.3 is 0 Å². The van der Waals surface area contributed by atoms with E-state index in [1.165, 1.54) is 18.2 Å². The molecule has 1 aliphatic rings. The fraction of sp³-hybridized carbons (Fsp3) is 0.0455. The van der Waals surface area contributed by atoms with Gasteiger partial charge in [0.2, 0.25) is 0 Å². The zero-order valence-corrected chi connectivity index (χ0v) is 13.4. The third-order valence-corrected chi connectivity index (χ3v) is 4.20. The zero-order valence-electron chi connectivity index (χ0n) is 13.4. The van der Waals surface area contributed by atoms with Gasteiger partial charge in [0.05, 0.1) is 5.56 Å². The van der Waals surface area contributed by atoms with E-state index >= 15 is 0 Å². The first-order valence-electron chi connectivity index (χ1n) is 8.05. The number of ketones is 1. The van der Waals surface area contributed by atoms with Gasteiger partial charge in [0, 0.05) is 5.57 Å². The van der Waals surface area contributed by atoms with Gasteiger partial charge in [0.1, 0.15) is 11.6 Å². The SMILES string of the molecule is O=C1/C(=C/c2ccccc2)C(c2ccccc2)Oc2ccc(F)cc21. The molecular weight excluding hydrogens is 315 g/mol. The molecule has 0 aliphatic carbocycles. The van der Waals surface area contributed by atoms with Crippen LogP contribution < -0.4 is 4.74 Å². The number of benzene rings is 3. The number of fused-ring (bicyclic) bond motifs is 1. The smallest absolute Gasteiger partial charge is 0.196 e. The molecular formula is C22H15FO2. The fourth-order valence-corrected chi connectivity index (χ4v) is 2.99. The Hall–Kier alpha value is -3.20. The van der Waals surface area contributed by atoms with Crippen LogP contribution in [0, 0.1) is 5.82 Å². The molecule has 0 aromatic heterocycles. The lowest BCUT2D eigenvalue weighted by molar-refractivity contribution is 0.0962. The molecule has 0 spiro atoms. The van der Waals surface area contributed by atoms with Crippen LogP contribution in [0.2, 0.25) is 0 Å². The Morgan fingerprint density at radius 3 is 2.28 bits per heavy atom. The molecule has 3 heteroatoms. The van der Waals surface area contributed by atoms with Crippen LogP contribution in [0.15, 0.2) is 84.4 Å². The van der Waals surface area contributed by atoms with E-state index in [1.54, 1.807) is 0 Å². The van der Waals surface area contributed by atoms with Crippen molar-refractivity contribution in [2.24, 2.45) is 0 Å². The molecule has 1 unspecified atom stereocenters. The van der Waals surface area contributed by atoms with Crippen LogP contribution in [-0.4, -0.2) is 5.78 Å². The maximum atomic E-state index is 13.6. The lowest BCUT2D eigenvalue weighted by atomic mass is 9.89. The van der Waals surface area contributed by atoms with Gasteiger partial charge in [0.15, 0.2) is 11.9 Å². The monoisotopic (exact) mass is 330 g/mol. The van der Waals surface area contributed by atoms with E-state index in [1.807, 2.05) is 66.7 Å². The highest BCUT2D eigenvalue weighted by Gasteiger charge is 2.33. The third kappa shape index (κ3) is 2.96. The summed E-state index contributed by atoms with van der Waals surface area (Å²) in [5.41, 5.74) is 2.54. The Balaban J connectivity index is 1.87. The summed E-state index contributed by atoms with van der Waals surface area (Å²) >= 11 is 0. The maximum Gasteiger partial charge on any atom is 0.196 e. The Kier molecular flexibility index (Phi) is 3.90. The summed E-state index contributed by atoms with van der Waals surface area (Å²) in [5, 5.41) is 0. The van der Waals surface area contributed by atoms with E-state index in [4.69, 9.17) is 4.74 Å². The molecule has 2 nitrogen and oxygen atoms in total. The summed E-state index contributed by atoms with van der Waals surface area (Å²) in [6, 6.07) is 23.2. The van der Waals surface area contributed by atoms with Crippen molar-refractivity contribution in [3.63, 3.8) is 0 Å². The molecule has 1 atom stereocenters. The van der Waals surface area contributed by atoms with E-state index in [2.05, 4.69) is 0 Å². The van der Waals surface area contributed by atoms with Crippen molar-refractivity contribution < 1.29 is 13.9 Å². The van der Waals surface area contributed by atoms with E-state index in [-0.39, 0.29) is 11.3 Å². The van der Waals surface area contributed by atoms with Gasteiger partial charge in [0.25, 0.3) is 0 Å². The van der Waals surface area contributed by atoms with Gasteiger partial charge in [-0.1, -0.05) is 60.7 Å². The summed E-state index contributed by atoms with van der Waals surface area (Å²) in [4.78, 5) is 13.0. The second-order valence-corrected chi connectivity index (χ2v) is 5.89. The summed E-state index contributed by atoms with van der Waals surface area (Å²) in [6.07, 6.45) is 1.29. The molecule has 0 radical (unpaired) electrons. The van der Waals surface area contributed by atoms with Crippen molar-refractivity contribution in [1.82, 2.24) is 0 Å². The minimum atomic E-state index is -0.521. The molecule has 0 saturated carbocycles. The number of hydrogen-bond donors (Lipinski definition) is 0. The first-order chi connectivity index (χ1) is 12.2. The molecule has 3 aromatic carbocycles. The van der Waals surface area contributed by atoms with Crippen molar-refractivity contribution >= 4 is 11.9 Å². The number of halogens is 1. The highest BCUT2D eigenvalue weighted by atomic mass is 19.1. The number of carbonyl (C=O) groups excluding carboxylic acids is 1. The average molecular weight is 330 g/mol. The van der Waals surface area contributed by atoms with Gasteiger partial charge in [-0.05, 0) is 35.4 Å². The zero-order chi connectivity index (χ0) is 17.2. The van der Waals surface area contributed by atoms with Crippen molar-refractivity contribution in [3.05, 3.63) is 107 Å². The Bertz CT molecular complexity index is 946. The Morgan fingerprint density at radius 1 is 0.880 bits per heavy atom. The minimum Gasteiger partial charge on any atom is -0.480 e. The van der Waals surface area contributed by atoms with E-state index in [0.717, 1.165) is 11.1 Å². The second kappa shape index (κ2) is 6.36. The topological polar surface area (TPSA) is 26.3 Å². The van der Waals surface area contributed by atoms with E-state index in [0.29, 0.717) is 11.3 Å². The first-order valence-corrected chi connectivity index (χ1v) is 8.05. The largest absolute Gasteiger partial charge is 0.480 e. The molecule has 1 heterocycles. The second-order valence-electron chi connectivity index (χ2n) is 5.89. The van der Waals surface area contributed by atoms with Crippen LogP contribution in [0.4, 0.5) is 4.39 Å². The quantitative estimate of drug-likeness (QED) is 0.602. The highest BCUT2D eigenvalue weighted by Crippen LogP contribution is 2.39. The number of ether oxygens (including phenoxy) is 1. The van der Waals surface area contributed by atoms with Gasteiger partial charge in [-0.2, -0.15) is 0 Å². The van der Waals surface area contributed by atoms with Crippen LogP contribution in [0.3, 0.4) is 0 Å². The van der Waals surface area contributed by atoms with Gasteiger partial charge in [-0.25, -0.2) is 4.39 Å². The highest BCUT2D eigenvalue weighted by molar-refractivity contribution is 6.14. The molecule has 0 saturated heterocycles. The normalized spacial score (nSPS) is 17.9. The van der Waals surface area contributed by atoms with Crippen LogP contribution >= 0.6 is 0 Å². The fourth-order valence-electron chi connectivity index (χ4n) is 2.99. The van der Waals surface area contributed by atoms with Crippen LogP contribution in [-0.2, 0) is 0 Å². The number of hydrogen-bond acceptors (Lipinski definition) is 2. The Labute approximate surface area is 145 Å². The van der Waals surface area contributed by atoms with Crippen LogP contribution in [0.5, 0.6) is 5.75 Å².